The van der Waals surface area contributed by atoms with Gasteiger partial charge >= 0.3 is 0 Å². The van der Waals surface area contributed by atoms with Crippen LogP contribution in [0, 0.1) is 11.6 Å². The first-order valence-electron chi connectivity index (χ1n) is 5.20. The van der Waals surface area contributed by atoms with Gasteiger partial charge in [-0.05, 0) is 6.07 Å². The van der Waals surface area contributed by atoms with Crippen molar-refractivity contribution in [3.8, 4) is 0 Å². The molecule has 1 saturated heterocycles. The SMILES string of the molecule is Fc1c(CBr)cc(N2CCOCC2)c(F)c1Cl. The van der Waals surface area contributed by atoms with E-state index in [2.05, 4.69) is 15.9 Å². The van der Waals surface area contributed by atoms with Crippen molar-refractivity contribution >= 4 is 33.2 Å². The second-order valence-electron chi connectivity index (χ2n) is 3.73. The molecule has 0 amide bonds. The highest BCUT2D eigenvalue weighted by molar-refractivity contribution is 9.08. The molecule has 17 heavy (non-hydrogen) atoms. The van der Waals surface area contributed by atoms with Crippen molar-refractivity contribution in [2.45, 2.75) is 5.33 Å². The average molecular weight is 327 g/mol. The Kier molecular flexibility index (Phi) is 4.22. The minimum atomic E-state index is -0.698. The summed E-state index contributed by atoms with van der Waals surface area (Å²) in [5, 5.41) is -0.139. The Labute approximate surface area is 112 Å². The zero-order valence-electron chi connectivity index (χ0n) is 8.98. The Morgan fingerprint density at radius 1 is 1.29 bits per heavy atom. The number of benzene rings is 1. The predicted octanol–water partition coefficient (Wildman–Crippen LogP) is 3.35. The van der Waals surface area contributed by atoms with Gasteiger partial charge in [0.05, 0.1) is 18.9 Å². The van der Waals surface area contributed by atoms with Crippen LogP contribution < -0.4 is 4.90 Å². The van der Waals surface area contributed by atoms with Crippen molar-refractivity contribution in [3.63, 3.8) is 0 Å². The van der Waals surface area contributed by atoms with E-state index in [0.717, 1.165) is 0 Å². The maximum atomic E-state index is 13.9. The molecule has 1 heterocycles. The highest BCUT2D eigenvalue weighted by Crippen LogP contribution is 2.32. The van der Waals surface area contributed by atoms with E-state index in [-0.39, 0.29) is 0 Å². The van der Waals surface area contributed by atoms with Crippen LogP contribution in [0.3, 0.4) is 0 Å². The number of nitrogens with zero attached hydrogens (tertiary/aromatic N) is 1. The Bertz CT molecular complexity index is 424. The molecule has 0 atom stereocenters. The standard InChI is InChI=1S/C11H11BrClF2NO/c12-6-7-5-8(11(15)9(13)10(7)14)16-1-3-17-4-2-16/h5H,1-4,6H2. The van der Waals surface area contributed by atoms with Crippen LogP contribution in [-0.2, 0) is 10.1 Å². The van der Waals surface area contributed by atoms with Crippen molar-refractivity contribution in [3.05, 3.63) is 28.3 Å². The van der Waals surface area contributed by atoms with E-state index in [1.807, 2.05) is 4.90 Å². The molecular weight excluding hydrogens is 315 g/mol. The molecule has 0 aromatic heterocycles. The van der Waals surface area contributed by atoms with Gasteiger partial charge in [-0.3, -0.25) is 0 Å². The summed E-state index contributed by atoms with van der Waals surface area (Å²) in [5.74, 6) is -1.39. The number of ether oxygens (including phenoxy) is 1. The number of anilines is 1. The quantitative estimate of drug-likeness (QED) is 0.610. The van der Waals surface area contributed by atoms with E-state index >= 15 is 0 Å². The molecule has 1 aliphatic heterocycles. The van der Waals surface area contributed by atoms with Crippen LogP contribution in [0.4, 0.5) is 14.5 Å². The van der Waals surface area contributed by atoms with E-state index in [1.54, 1.807) is 0 Å². The number of hydrogen-bond acceptors (Lipinski definition) is 2. The first-order valence-corrected chi connectivity index (χ1v) is 6.70. The predicted molar refractivity (Wildman–Crippen MR) is 67.0 cm³/mol. The lowest BCUT2D eigenvalue weighted by Gasteiger charge is -2.29. The molecule has 0 saturated carbocycles. The second kappa shape index (κ2) is 5.50. The normalized spacial score (nSPS) is 16.4. The molecule has 0 spiro atoms. The van der Waals surface area contributed by atoms with Gasteiger partial charge in [-0.25, -0.2) is 8.78 Å². The monoisotopic (exact) mass is 325 g/mol. The zero-order chi connectivity index (χ0) is 12.4. The summed E-state index contributed by atoms with van der Waals surface area (Å²) in [6.07, 6.45) is 0. The Morgan fingerprint density at radius 3 is 2.53 bits per heavy atom. The number of alkyl halides is 1. The lowest BCUT2D eigenvalue weighted by molar-refractivity contribution is 0.122. The molecule has 0 radical (unpaired) electrons. The molecule has 2 rings (SSSR count). The lowest BCUT2D eigenvalue weighted by Crippen LogP contribution is -2.37. The Morgan fingerprint density at radius 2 is 1.94 bits per heavy atom. The number of rotatable bonds is 2. The zero-order valence-corrected chi connectivity index (χ0v) is 11.3. The van der Waals surface area contributed by atoms with Crippen molar-refractivity contribution in [2.24, 2.45) is 0 Å². The summed E-state index contributed by atoms with van der Waals surface area (Å²) in [6.45, 7) is 2.25. The average Bonchev–Trinajstić information content (AvgIpc) is 2.37. The molecular formula is C11H11BrClF2NO. The van der Waals surface area contributed by atoms with Crippen LogP contribution in [0.1, 0.15) is 5.56 Å². The molecule has 1 fully saturated rings. The van der Waals surface area contributed by atoms with Crippen LogP contribution in [0.25, 0.3) is 0 Å². The number of hydrogen-bond donors (Lipinski definition) is 0. The van der Waals surface area contributed by atoms with E-state index < -0.39 is 16.7 Å². The fourth-order valence-electron chi connectivity index (χ4n) is 1.77. The first-order chi connectivity index (χ1) is 8.15. The van der Waals surface area contributed by atoms with Gasteiger partial charge in [0.25, 0.3) is 0 Å². The molecule has 1 aromatic carbocycles. The summed E-state index contributed by atoms with van der Waals surface area (Å²) >= 11 is 8.82. The molecule has 0 bridgehead atoms. The third-order valence-electron chi connectivity index (χ3n) is 2.70. The fourth-order valence-corrected chi connectivity index (χ4v) is 2.40. The molecule has 1 aliphatic rings. The molecule has 1 aromatic rings. The van der Waals surface area contributed by atoms with Gasteiger partial charge in [0.15, 0.2) is 5.82 Å². The number of halogens is 4. The van der Waals surface area contributed by atoms with Gasteiger partial charge in [-0.1, -0.05) is 27.5 Å². The minimum absolute atomic E-state index is 0.302. The number of morpholine rings is 1. The van der Waals surface area contributed by atoms with Gasteiger partial charge in [-0.2, -0.15) is 0 Å². The molecule has 0 aliphatic carbocycles. The van der Waals surface area contributed by atoms with Crippen LogP contribution in [0.2, 0.25) is 5.02 Å². The van der Waals surface area contributed by atoms with Crippen molar-refractivity contribution in [2.75, 3.05) is 31.2 Å². The highest BCUT2D eigenvalue weighted by atomic mass is 79.9. The smallest absolute Gasteiger partial charge is 0.168 e. The fraction of sp³-hybridized carbons (Fsp3) is 0.455. The molecule has 0 N–H and O–H groups in total. The Hall–Kier alpha value is -0.390. The van der Waals surface area contributed by atoms with E-state index in [4.69, 9.17) is 16.3 Å². The van der Waals surface area contributed by atoms with Gasteiger partial charge in [0.2, 0.25) is 0 Å². The minimum Gasteiger partial charge on any atom is -0.378 e. The summed E-state index contributed by atoms with van der Waals surface area (Å²) in [7, 11) is 0. The van der Waals surface area contributed by atoms with Crippen molar-refractivity contribution < 1.29 is 13.5 Å². The van der Waals surface area contributed by atoms with Crippen LogP contribution in [0.15, 0.2) is 6.07 Å². The van der Waals surface area contributed by atoms with E-state index in [9.17, 15) is 8.78 Å². The van der Waals surface area contributed by atoms with Crippen LogP contribution in [-0.4, -0.2) is 26.3 Å². The largest absolute Gasteiger partial charge is 0.378 e. The maximum absolute atomic E-state index is 13.9. The molecule has 0 unspecified atom stereocenters. The summed E-state index contributed by atoms with van der Waals surface area (Å²) < 4.78 is 32.6. The van der Waals surface area contributed by atoms with Gasteiger partial charge in [-0.15, -0.1) is 0 Å². The van der Waals surface area contributed by atoms with Crippen LogP contribution in [0.5, 0.6) is 0 Å². The summed E-state index contributed by atoms with van der Waals surface area (Å²) in [4.78, 5) is 1.82. The van der Waals surface area contributed by atoms with Crippen molar-refractivity contribution in [1.82, 2.24) is 0 Å². The highest BCUT2D eigenvalue weighted by Gasteiger charge is 2.21. The van der Waals surface area contributed by atoms with Crippen LogP contribution >= 0.6 is 27.5 Å². The van der Waals surface area contributed by atoms with Crippen molar-refractivity contribution in [1.29, 1.82) is 0 Å². The topological polar surface area (TPSA) is 12.5 Å². The molecule has 6 heteroatoms. The molecule has 2 nitrogen and oxygen atoms in total. The van der Waals surface area contributed by atoms with E-state index in [1.165, 1.54) is 6.07 Å². The van der Waals surface area contributed by atoms with E-state index in [0.29, 0.717) is 42.9 Å². The Balaban J connectivity index is 2.42. The van der Waals surface area contributed by atoms with Gasteiger partial charge in [0, 0.05) is 24.0 Å². The van der Waals surface area contributed by atoms with Gasteiger partial charge in [0.1, 0.15) is 10.8 Å². The lowest BCUT2D eigenvalue weighted by atomic mass is 10.1. The third-order valence-corrected chi connectivity index (χ3v) is 3.63. The summed E-state index contributed by atoms with van der Waals surface area (Å²) in [6, 6.07) is 1.50. The van der Waals surface area contributed by atoms with Gasteiger partial charge < -0.3 is 9.64 Å². The first kappa shape index (κ1) is 13.1. The third kappa shape index (κ3) is 2.56. The maximum Gasteiger partial charge on any atom is 0.168 e. The molecule has 94 valence electrons. The second-order valence-corrected chi connectivity index (χ2v) is 4.67. The summed E-state index contributed by atoms with van der Waals surface area (Å²) in [5.41, 5.74) is 0.701.